The predicted octanol–water partition coefficient (Wildman–Crippen LogP) is 13.4. The molecule has 51 heavy (non-hydrogen) atoms. The highest BCUT2D eigenvalue weighted by Gasteiger charge is 2.37. The summed E-state index contributed by atoms with van der Waals surface area (Å²) in [7, 11) is 0. The molecule has 1 aliphatic rings. The molecular weight excluding hydrogens is 617 g/mol. The van der Waals surface area contributed by atoms with E-state index in [1.54, 1.807) is 0 Å². The fourth-order valence-corrected chi connectivity index (χ4v) is 8.59. The highest BCUT2D eigenvalue weighted by molar-refractivity contribution is 6.09. The van der Waals surface area contributed by atoms with E-state index >= 15 is 0 Å². The van der Waals surface area contributed by atoms with E-state index in [1.807, 2.05) is 0 Å². The smallest absolute Gasteiger partial charge is 0.0541 e. The van der Waals surface area contributed by atoms with Gasteiger partial charge >= 0.3 is 0 Å². The Morgan fingerprint density at radius 3 is 1.82 bits per heavy atom. The van der Waals surface area contributed by atoms with E-state index in [4.69, 9.17) is 0 Å². The third kappa shape index (κ3) is 4.50. The Hall–Kier alpha value is -6.38. The zero-order valence-electron chi connectivity index (χ0n) is 28.7. The summed E-state index contributed by atoms with van der Waals surface area (Å²) in [5, 5.41) is 4.97. The molecular formula is C49H36N2. The standard InChI is InChI=1S/C49H36N2/c1-49(2)43-24-9-5-22-42(43)48-41(23-14-25-44(48)49)40-21-8-10-26-45(40)50(37-30-29-33-15-3-4-16-34(33)31-37)35-17-13-18-36(32-35)51-46-27-11-6-19-38(46)39-20-7-12-28-47(39)51/h3-32H,1-2H3. The summed E-state index contributed by atoms with van der Waals surface area (Å²) in [6.45, 7) is 4.71. The lowest BCUT2D eigenvalue weighted by molar-refractivity contribution is 0.660. The molecule has 9 aromatic rings. The van der Waals surface area contributed by atoms with Crippen molar-refractivity contribution in [3.05, 3.63) is 193 Å². The van der Waals surface area contributed by atoms with Gasteiger partial charge in [0.15, 0.2) is 0 Å². The molecule has 0 N–H and O–H groups in total. The molecule has 0 atom stereocenters. The van der Waals surface area contributed by atoms with Gasteiger partial charge < -0.3 is 9.47 Å². The Morgan fingerprint density at radius 2 is 1.02 bits per heavy atom. The lowest BCUT2D eigenvalue weighted by atomic mass is 9.82. The number of rotatable bonds is 5. The first kappa shape index (κ1) is 29.5. The van der Waals surface area contributed by atoms with Crippen LogP contribution in [0.5, 0.6) is 0 Å². The SMILES string of the molecule is CC1(C)c2ccccc2-c2c(-c3ccccc3N(c3cccc(-n4c5ccccc5c5ccccc54)c3)c3ccc4ccccc4c3)cccc21. The van der Waals surface area contributed by atoms with E-state index in [9.17, 15) is 0 Å². The number of hydrogen-bond donors (Lipinski definition) is 0. The van der Waals surface area contributed by atoms with Crippen molar-refractivity contribution in [1.29, 1.82) is 0 Å². The quantitative estimate of drug-likeness (QED) is 0.180. The minimum Gasteiger partial charge on any atom is -0.310 e. The molecule has 0 saturated heterocycles. The van der Waals surface area contributed by atoms with Crippen LogP contribution in [0, 0.1) is 0 Å². The summed E-state index contributed by atoms with van der Waals surface area (Å²) in [5.41, 5.74) is 14.7. The van der Waals surface area contributed by atoms with Gasteiger partial charge in [-0.05, 0) is 87.1 Å². The second-order valence-electron chi connectivity index (χ2n) is 14.2. The predicted molar refractivity (Wildman–Crippen MR) is 216 cm³/mol. The van der Waals surface area contributed by atoms with Gasteiger partial charge in [-0.1, -0.05) is 147 Å². The lowest BCUT2D eigenvalue weighted by Gasteiger charge is -2.29. The Morgan fingerprint density at radius 1 is 0.431 bits per heavy atom. The van der Waals surface area contributed by atoms with Crippen molar-refractivity contribution in [2.24, 2.45) is 0 Å². The van der Waals surface area contributed by atoms with Crippen LogP contribution in [0.15, 0.2) is 182 Å². The number of benzene rings is 8. The van der Waals surface area contributed by atoms with E-state index in [0.29, 0.717) is 0 Å². The maximum absolute atomic E-state index is 2.45. The summed E-state index contributed by atoms with van der Waals surface area (Å²) in [6.07, 6.45) is 0. The zero-order valence-corrected chi connectivity index (χ0v) is 28.7. The zero-order chi connectivity index (χ0) is 34.1. The van der Waals surface area contributed by atoms with Crippen molar-refractivity contribution in [1.82, 2.24) is 4.57 Å². The van der Waals surface area contributed by atoms with E-state index < -0.39 is 0 Å². The van der Waals surface area contributed by atoms with Gasteiger partial charge in [-0.25, -0.2) is 0 Å². The molecule has 2 nitrogen and oxygen atoms in total. The molecule has 0 spiro atoms. The number of aromatic nitrogens is 1. The van der Waals surface area contributed by atoms with Crippen LogP contribution in [-0.4, -0.2) is 4.57 Å². The molecule has 0 unspecified atom stereocenters. The van der Waals surface area contributed by atoms with Gasteiger partial charge in [0.2, 0.25) is 0 Å². The van der Waals surface area contributed by atoms with Crippen molar-refractivity contribution in [2.75, 3.05) is 4.90 Å². The Balaban J connectivity index is 1.23. The van der Waals surface area contributed by atoms with Gasteiger partial charge in [0.25, 0.3) is 0 Å². The molecule has 1 aromatic heterocycles. The summed E-state index contributed by atoms with van der Waals surface area (Å²) in [4.78, 5) is 2.45. The van der Waals surface area contributed by atoms with Crippen LogP contribution in [0.2, 0.25) is 0 Å². The molecule has 0 aliphatic heterocycles. The van der Waals surface area contributed by atoms with Crippen LogP contribution in [0.1, 0.15) is 25.0 Å². The van der Waals surface area contributed by atoms with Gasteiger partial charge in [-0.15, -0.1) is 0 Å². The van der Waals surface area contributed by atoms with Gasteiger partial charge in [-0.2, -0.15) is 0 Å². The Bertz CT molecular complexity index is 2750. The molecule has 8 aromatic carbocycles. The lowest BCUT2D eigenvalue weighted by Crippen LogP contribution is -2.15. The van der Waals surface area contributed by atoms with Crippen LogP contribution in [0.4, 0.5) is 17.1 Å². The van der Waals surface area contributed by atoms with Crippen LogP contribution in [0.25, 0.3) is 60.5 Å². The van der Waals surface area contributed by atoms with Crippen molar-refractivity contribution < 1.29 is 0 Å². The monoisotopic (exact) mass is 652 g/mol. The number of fused-ring (bicyclic) bond motifs is 7. The summed E-state index contributed by atoms with van der Waals surface area (Å²) in [5.74, 6) is 0. The second-order valence-corrected chi connectivity index (χ2v) is 14.2. The average Bonchev–Trinajstić information content (AvgIpc) is 3.64. The molecule has 1 aliphatic carbocycles. The maximum Gasteiger partial charge on any atom is 0.0541 e. The third-order valence-electron chi connectivity index (χ3n) is 11.0. The minimum absolute atomic E-state index is 0.0778. The summed E-state index contributed by atoms with van der Waals surface area (Å²) >= 11 is 0. The molecule has 242 valence electrons. The number of para-hydroxylation sites is 3. The van der Waals surface area contributed by atoms with Crippen LogP contribution in [-0.2, 0) is 5.41 Å². The molecule has 0 saturated carbocycles. The molecule has 2 heteroatoms. The highest BCUT2D eigenvalue weighted by Crippen LogP contribution is 2.53. The molecule has 0 radical (unpaired) electrons. The van der Waals surface area contributed by atoms with Crippen molar-refractivity contribution >= 4 is 49.6 Å². The molecule has 10 rings (SSSR count). The average molecular weight is 653 g/mol. The van der Waals surface area contributed by atoms with E-state index in [0.717, 1.165) is 22.7 Å². The van der Waals surface area contributed by atoms with Gasteiger partial charge in [0, 0.05) is 38.8 Å². The third-order valence-corrected chi connectivity index (χ3v) is 11.0. The number of nitrogens with zero attached hydrogens (tertiary/aromatic N) is 2. The molecule has 0 amide bonds. The van der Waals surface area contributed by atoms with Crippen molar-refractivity contribution in [3.8, 4) is 27.9 Å². The van der Waals surface area contributed by atoms with E-state index in [-0.39, 0.29) is 5.41 Å². The second kappa shape index (κ2) is 11.3. The van der Waals surface area contributed by atoms with E-state index in [1.165, 1.54) is 66.0 Å². The highest BCUT2D eigenvalue weighted by atomic mass is 15.1. The van der Waals surface area contributed by atoms with Gasteiger partial charge in [0.05, 0.1) is 16.7 Å². The molecule has 1 heterocycles. The number of anilines is 3. The minimum atomic E-state index is -0.0778. The first-order valence-electron chi connectivity index (χ1n) is 17.8. The van der Waals surface area contributed by atoms with Crippen LogP contribution >= 0.6 is 0 Å². The molecule has 0 fully saturated rings. The summed E-state index contributed by atoms with van der Waals surface area (Å²) in [6, 6.07) is 66.7. The van der Waals surface area contributed by atoms with Crippen LogP contribution < -0.4 is 4.90 Å². The molecule has 0 bridgehead atoms. The normalized spacial score (nSPS) is 13.1. The van der Waals surface area contributed by atoms with Crippen molar-refractivity contribution in [3.63, 3.8) is 0 Å². The fourth-order valence-electron chi connectivity index (χ4n) is 8.59. The van der Waals surface area contributed by atoms with Gasteiger partial charge in [0.1, 0.15) is 0 Å². The number of hydrogen-bond acceptors (Lipinski definition) is 1. The van der Waals surface area contributed by atoms with Crippen molar-refractivity contribution in [2.45, 2.75) is 19.3 Å². The first-order valence-corrected chi connectivity index (χ1v) is 17.8. The summed E-state index contributed by atoms with van der Waals surface area (Å²) < 4.78 is 2.40. The largest absolute Gasteiger partial charge is 0.310 e. The maximum atomic E-state index is 2.45. The van der Waals surface area contributed by atoms with E-state index in [2.05, 4.69) is 205 Å². The first-order chi connectivity index (χ1) is 25.1. The van der Waals surface area contributed by atoms with Crippen LogP contribution in [0.3, 0.4) is 0 Å². The van der Waals surface area contributed by atoms with Gasteiger partial charge in [-0.3, -0.25) is 0 Å². The Labute approximate surface area is 298 Å². The Kier molecular flexibility index (Phi) is 6.56. The topological polar surface area (TPSA) is 8.17 Å². The fraction of sp³-hybridized carbons (Fsp3) is 0.0612.